The molecule has 0 aliphatic heterocycles. The third kappa shape index (κ3) is 4.23. The van der Waals surface area contributed by atoms with Crippen molar-refractivity contribution < 1.29 is 4.74 Å². The summed E-state index contributed by atoms with van der Waals surface area (Å²) in [5.41, 5.74) is 1.40. The number of benzene rings is 1. The quantitative estimate of drug-likeness (QED) is 0.811. The van der Waals surface area contributed by atoms with Gasteiger partial charge in [0.2, 0.25) is 0 Å². The average Bonchev–Trinajstić information content (AvgIpc) is 2.50. The summed E-state index contributed by atoms with van der Waals surface area (Å²) in [6.45, 7) is 7.49. The molecule has 0 bridgehead atoms. The van der Waals surface area contributed by atoms with Crippen LogP contribution in [-0.4, -0.2) is 13.7 Å². The molecule has 0 amide bonds. The van der Waals surface area contributed by atoms with Gasteiger partial charge in [-0.3, -0.25) is 0 Å². The van der Waals surface area contributed by atoms with Crippen LogP contribution in [0.25, 0.3) is 0 Å². The minimum absolute atomic E-state index is 0.480. The molecule has 0 saturated heterocycles. The van der Waals surface area contributed by atoms with Crippen LogP contribution in [0.2, 0.25) is 0 Å². The van der Waals surface area contributed by atoms with Gasteiger partial charge in [0.05, 0.1) is 6.61 Å². The van der Waals surface area contributed by atoms with Crippen molar-refractivity contribution in [3.05, 3.63) is 29.8 Å². The van der Waals surface area contributed by atoms with Gasteiger partial charge in [0.15, 0.2) is 0 Å². The Labute approximate surface area is 130 Å². The Balaban J connectivity index is 1.99. The Morgan fingerprint density at radius 1 is 1.05 bits per heavy atom. The molecule has 1 fully saturated rings. The lowest BCUT2D eigenvalue weighted by Crippen LogP contribution is -2.29. The summed E-state index contributed by atoms with van der Waals surface area (Å²) in [7, 11) is 2.09. The number of ether oxygens (including phenoxy) is 1. The first kappa shape index (κ1) is 16.4. The van der Waals surface area contributed by atoms with E-state index in [4.69, 9.17) is 4.74 Å². The molecule has 2 rings (SSSR count). The first-order valence-electron chi connectivity index (χ1n) is 8.55. The second-order valence-electron chi connectivity index (χ2n) is 6.69. The summed E-state index contributed by atoms with van der Waals surface area (Å²) in [5, 5.41) is 3.54. The van der Waals surface area contributed by atoms with E-state index in [-0.39, 0.29) is 0 Å². The summed E-state index contributed by atoms with van der Waals surface area (Å²) in [6.07, 6.45) is 5.47. The highest BCUT2D eigenvalue weighted by molar-refractivity contribution is 5.29. The van der Waals surface area contributed by atoms with Crippen molar-refractivity contribution in [2.75, 3.05) is 13.7 Å². The van der Waals surface area contributed by atoms with Crippen molar-refractivity contribution in [3.8, 4) is 5.75 Å². The molecular weight excluding hydrogens is 258 g/mol. The molecule has 1 aliphatic carbocycles. The second kappa shape index (κ2) is 7.84. The molecule has 0 radical (unpaired) electrons. The molecule has 1 N–H and O–H groups in total. The molecule has 2 nitrogen and oxygen atoms in total. The molecule has 2 heteroatoms. The van der Waals surface area contributed by atoms with E-state index in [1.54, 1.807) is 0 Å². The molecule has 1 unspecified atom stereocenters. The van der Waals surface area contributed by atoms with Crippen LogP contribution in [0.1, 0.15) is 58.1 Å². The van der Waals surface area contributed by atoms with Crippen molar-refractivity contribution in [1.82, 2.24) is 5.32 Å². The number of rotatable bonds is 6. The van der Waals surface area contributed by atoms with Gasteiger partial charge in [0, 0.05) is 6.04 Å². The first-order chi connectivity index (χ1) is 10.2. The maximum atomic E-state index is 5.54. The molecular formula is C19H31NO. The van der Waals surface area contributed by atoms with Crippen LogP contribution >= 0.6 is 0 Å². The molecule has 1 aromatic rings. The van der Waals surface area contributed by atoms with Gasteiger partial charge < -0.3 is 10.1 Å². The lowest BCUT2D eigenvalue weighted by atomic mass is 9.73. The van der Waals surface area contributed by atoms with E-state index < -0.39 is 0 Å². The summed E-state index contributed by atoms with van der Waals surface area (Å²) in [6, 6.07) is 9.13. The van der Waals surface area contributed by atoms with Crippen molar-refractivity contribution in [2.45, 2.75) is 52.5 Å². The zero-order valence-corrected chi connectivity index (χ0v) is 14.1. The summed E-state index contributed by atoms with van der Waals surface area (Å²) >= 11 is 0. The smallest absolute Gasteiger partial charge is 0.119 e. The van der Waals surface area contributed by atoms with Gasteiger partial charge in [-0.15, -0.1) is 0 Å². The van der Waals surface area contributed by atoms with Crippen molar-refractivity contribution in [1.29, 1.82) is 0 Å². The molecule has 21 heavy (non-hydrogen) atoms. The SMILES string of the molecule is CCOc1ccc(C(NC)C2CCC(C(C)C)CC2)cc1. The normalized spacial score (nSPS) is 24.0. The van der Waals surface area contributed by atoms with Gasteiger partial charge in [-0.2, -0.15) is 0 Å². The molecule has 0 aromatic heterocycles. The van der Waals surface area contributed by atoms with Crippen molar-refractivity contribution >= 4 is 0 Å². The number of hydrogen-bond acceptors (Lipinski definition) is 2. The largest absolute Gasteiger partial charge is 0.494 e. The van der Waals surface area contributed by atoms with E-state index >= 15 is 0 Å². The minimum Gasteiger partial charge on any atom is -0.494 e. The van der Waals surface area contributed by atoms with E-state index in [0.29, 0.717) is 6.04 Å². The molecule has 1 saturated carbocycles. The van der Waals surface area contributed by atoms with Gasteiger partial charge in [0.25, 0.3) is 0 Å². The fourth-order valence-corrected chi connectivity index (χ4v) is 3.76. The van der Waals surface area contributed by atoms with E-state index in [9.17, 15) is 0 Å². The monoisotopic (exact) mass is 289 g/mol. The number of nitrogens with one attached hydrogen (secondary N) is 1. The van der Waals surface area contributed by atoms with Crippen LogP contribution in [0.4, 0.5) is 0 Å². The van der Waals surface area contributed by atoms with Crippen molar-refractivity contribution in [2.24, 2.45) is 17.8 Å². The first-order valence-corrected chi connectivity index (χ1v) is 8.55. The molecule has 1 aromatic carbocycles. The third-order valence-corrected chi connectivity index (χ3v) is 5.09. The van der Waals surface area contributed by atoms with Crippen LogP contribution in [0.3, 0.4) is 0 Å². The lowest BCUT2D eigenvalue weighted by molar-refractivity contribution is 0.192. The predicted octanol–water partition coefficient (Wildman–Crippen LogP) is 4.81. The van der Waals surface area contributed by atoms with Gasteiger partial charge in [-0.05, 0) is 75.1 Å². The Hall–Kier alpha value is -1.02. The zero-order valence-electron chi connectivity index (χ0n) is 14.1. The second-order valence-corrected chi connectivity index (χ2v) is 6.69. The molecule has 1 atom stereocenters. The minimum atomic E-state index is 0.480. The predicted molar refractivity (Wildman–Crippen MR) is 89.7 cm³/mol. The maximum Gasteiger partial charge on any atom is 0.119 e. The number of hydrogen-bond donors (Lipinski definition) is 1. The van der Waals surface area contributed by atoms with Crippen LogP contribution < -0.4 is 10.1 Å². The fourth-order valence-electron chi connectivity index (χ4n) is 3.76. The standard InChI is InChI=1S/C19H31NO/c1-5-21-18-12-10-17(11-13-18)19(20-4)16-8-6-15(7-9-16)14(2)3/h10-16,19-20H,5-9H2,1-4H3. The average molecular weight is 289 g/mol. The summed E-state index contributed by atoms with van der Waals surface area (Å²) in [4.78, 5) is 0. The van der Waals surface area contributed by atoms with Gasteiger partial charge in [-0.25, -0.2) is 0 Å². The van der Waals surface area contributed by atoms with Crippen LogP contribution in [0, 0.1) is 17.8 Å². The van der Waals surface area contributed by atoms with Gasteiger partial charge in [-0.1, -0.05) is 26.0 Å². The van der Waals surface area contributed by atoms with E-state index in [0.717, 1.165) is 30.1 Å². The summed E-state index contributed by atoms with van der Waals surface area (Å²) in [5.74, 6) is 3.51. The summed E-state index contributed by atoms with van der Waals surface area (Å²) < 4.78 is 5.54. The van der Waals surface area contributed by atoms with Crippen molar-refractivity contribution in [3.63, 3.8) is 0 Å². The van der Waals surface area contributed by atoms with E-state index in [2.05, 4.69) is 50.5 Å². The molecule has 0 heterocycles. The Morgan fingerprint density at radius 3 is 2.10 bits per heavy atom. The maximum absolute atomic E-state index is 5.54. The highest BCUT2D eigenvalue weighted by atomic mass is 16.5. The van der Waals surface area contributed by atoms with Crippen LogP contribution in [-0.2, 0) is 0 Å². The Morgan fingerprint density at radius 2 is 1.62 bits per heavy atom. The highest BCUT2D eigenvalue weighted by Crippen LogP contribution is 2.39. The molecule has 118 valence electrons. The van der Waals surface area contributed by atoms with E-state index in [1.165, 1.54) is 31.2 Å². The molecule has 0 spiro atoms. The third-order valence-electron chi connectivity index (χ3n) is 5.09. The highest BCUT2D eigenvalue weighted by Gasteiger charge is 2.28. The molecule has 1 aliphatic rings. The van der Waals surface area contributed by atoms with Gasteiger partial charge >= 0.3 is 0 Å². The Kier molecular flexibility index (Phi) is 6.10. The van der Waals surface area contributed by atoms with E-state index in [1.807, 2.05) is 6.92 Å². The zero-order chi connectivity index (χ0) is 15.2. The lowest BCUT2D eigenvalue weighted by Gasteiger charge is -2.35. The topological polar surface area (TPSA) is 21.3 Å². The fraction of sp³-hybridized carbons (Fsp3) is 0.684. The van der Waals surface area contributed by atoms with Gasteiger partial charge in [0.1, 0.15) is 5.75 Å². The Bertz CT molecular complexity index is 404. The van der Waals surface area contributed by atoms with Crippen LogP contribution in [0.15, 0.2) is 24.3 Å². The van der Waals surface area contributed by atoms with Crippen LogP contribution in [0.5, 0.6) is 5.75 Å².